The molecule has 3 rings (SSSR count). The smallest absolute Gasteiger partial charge is 0.305 e. The monoisotopic (exact) mass is 370 g/mol. The van der Waals surface area contributed by atoms with Crippen molar-refractivity contribution < 1.29 is 9.53 Å². The van der Waals surface area contributed by atoms with Crippen molar-refractivity contribution in [2.75, 3.05) is 7.11 Å². The van der Waals surface area contributed by atoms with Crippen LogP contribution in [0.15, 0.2) is 28.4 Å². The molecule has 0 saturated carbocycles. The van der Waals surface area contributed by atoms with Gasteiger partial charge in [0.2, 0.25) is 0 Å². The van der Waals surface area contributed by atoms with Crippen molar-refractivity contribution in [1.29, 1.82) is 0 Å². The van der Waals surface area contributed by atoms with Crippen LogP contribution in [-0.2, 0) is 16.1 Å². The maximum Gasteiger partial charge on any atom is 0.305 e. The SMILES string of the molecule is COC(=O)CCCn1c(C)nc2scc(-c3ccc(C)cc3C)c2c1=O. The van der Waals surface area contributed by atoms with E-state index >= 15 is 0 Å². The molecular formula is C20H22N2O3S. The van der Waals surface area contributed by atoms with Crippen LogP contribution in [0.4, 0.5) is 0 Å². The Morgan fingerprint density at radius 2 is 2.00 bits per heavy atom. The van der Waals surface area contributed by atoms with Crippen molar-refractivity contribution in [1.82, 2.24) is 9.55 Å². The Morgan fingerprint density at radius 1 is 1.23 bits per heavy atom. The predicted octanol–water partition coefficient (Wildman–Crippen LogP) is 4.00. The van der Waals surface area contributed by atoms with Gasteiger partial charge in [-0.3, -0.25) is 14.2 Å². The lowest BCUT2D eigenvalue weighted by Crippen LogP contribution is -2.24. The lowest BCUT2D eigenvalue weighted by atomic mass is 9.99. The highest BCUT2D eigenvalue weighted by molar-refractivity contribution is 7.17. The number of thiophene rings is 1. The molecule has 136 valence electrons. The maximum atomic E-state index is 13.1. The molecule has 0 radical (unpaired) electrons. The first-order chi connectivity index (χ1) is 12.4. The molecule has 0 bridgehead atoms. The molecule has 2 aromatic heterocycles. The van der Waals surface area contributed by atoms with Gasteiger partial charge in [0.15, 0.2) is 0 Å². The molecule has 0 saturated heterocycles. The third-order valence-corrected chi connectivity index (χ3v) is 5.42. The fraction of sp³-hybridized carbons (Fsp3) is 0.350. The first-order valence-corrected chi connectivity index (χ1v) is 9.43. The van der Waals surface area contributed by atoms with E-state index in [0.717, 1.165) is 21.5 Å². The van der Waals surface area contributed by atoms with Crippen molar-refractivity contribution >= 4 is 27.5 Å². The van der Waals surface area contributed by atoms with E-state index in [-0.39, 0.29) is 17.9 Å². The maximum absolute atomic E-state index is 13.1. The molecule has 5 nitrogen and oxygen atoms in total. The second kappa shape index (κ2) is 7.41. The number of nitrogens with zero attached hydrogens (tertiary/aromatic N) is 2. The molecule has 0 spiro atoms. The second-order valence-corrected chi connectivity index (χ2v) is 7.30. The number of methoxy groups -OCH3 is 1. The number of ether oxygens (including phenoxy) is 1. The zero-order chi connectivity index (χ0) is 18.8. The lowest BCUT2D eigenvalue weighted by molar-refractivity contribution is -0.140. The van der Waals surface area contributed by atoms with Crippen molar-refractivity contribution in [2.45, 2.75) is 40.2 Å². The largest absolute Gasteiger partial charge is 0.469 e. The summed E-state index contributed by atoms with van der Waals surface area (Å²) in [5.41, 5.74) is 4.28. The Labute approximate surface area is 156 Å². The molecule has 0 N–H and O–H groups in total. The van der Waals surface area contributed by atoms with E-state index in [1.165, 1.54) is 24.0 Å². The van der Waals surface area contributed by atoms with Crippen molar-refractivity contribution in [2.24, 2.45) is 0 Å². The minimum atomic E-state index is -0.267. The molecule has 0 amide bonds. The molecule has 0 aliphatic carbocycles. The molecular weight excluding hydrogens is 348 g/mol. The lowest BCUT2D eigenvalue weighted by Gasteiger charge is -2.10. The van der Waals surface area contributed by atoms with Crippen LogP contribution in [-0.4, -0.2) is 22.6 Å². The Hall–Kier alpha value is -2.47. The van der Waals surface area contributed by atoms with Crippen LogP contribution in [0.3, 0.4) is 0 Å². The zero-order valence-electron chi connectivity index (χ0n) is 15.5. The number of benzene rings is 1. The van der Waals surface area contributed by atoms with Gasteiger partial charge >= 0.3 is 5.97 Å². The topological polar surface area (TPSA) is 61.2 Å². The number of hydrogen-bond acceptors (Lipinski definition) is 5. The normalized spacial score (nSPS) is 11.1. The Balaban J connectivity index is 2.06. The molecule has 3 aromatic rings. The summed E-state index contributed by atoms with van der Waals surface area (Å²) in [5, 5.41) is 2.67. The summed E-state index contributed by atoms with van der Waals surface area (Å²) in [6.45, 7) is 6.39. The Bertz CT molecular complexity index is 1030. The van der Waals surface area contributed by atoms with Gasteiger partial charge in [0.25, 0.3) is 5.56 Å². The van der Waals surface area contributed by atoms with Gasteiger partial charge in [-0.1, -0.05) is 23.8 Å². The third-order valence-electron chi connectivity index (χ3n) is 4.55. The van der Waals surface area contributed by atoms with Gasteiger partial charge in [0, 0.05) is 23.9 Å². The number of hydrogen-bond donors (Lipinski definition) is 0. The molecule has 0 fully saturated rings. The number of esters is 1. The first-order valence-electron chi connectivity index (χ1n) is 8.55. The van der Waals surface area contributed by atoms with E-state index in [0.29, 0.717) is 24.2 Å². The van der Waals surface area contributed by atoms with E-state index < -0.39 is 0 Å². The third kappa shape index (κ3) is 3.42. The zero-order valence-corrected chi connectivity index (χ0v) is 16.3. The second-order valence-electron chi connectivity index (χ2n) is 6.44. The minimum Gasteiger partial charge on any atom is -0.469 e. The number of aryl methyl sites for hydroxylation is 3. The number of aromatic nitrogens is 2. The van der Waals surface area contributed by atoms with Crippen LogP contribution in [0.1, 0.15) is 29.8 Å². The van der Waals surface area contributed by atoms with Crippen LogP contribution in [0.25, 0.3) is 21.3 Å². The summed E-state index contributed by atoms with van der Waals surface area (Å²) in [7, 11) is 1.37. The Morgan fingerprint density at radius 3 is 2.69 bits per heavy atom. The van der Waals surface area contributed by atoms with Crippen molar-refractivity contribution in [3.8, 4) is 11.1 Å². The summed E-state index contributed by atoms with van der Waals surface area (Å²) in [6.07, 6.45) is 0.831. The summed E-state index contributed by atoms with van der Waals surface area (Å²) in [4.78, 5) is 29.8. The molecule has 26 heavy (non-hydrogen) atoms. The summed E-state index contributed by atoms with van der Waals surface area (Å²) in [5.74, 6) is 0.401. The van der Waals surface area contributed by atoms with Gasteiger partial charge in [-0.05, 0) is 38.3 Å². The summed E-state index contributed by atoms with van der Waals surface area (Å²) in [6, 6.07) is 6.24. The summed E-state index contributed by atoms with van der Waals surface area (Å²) >= 11 is 1.49. The van der Waals surface area contributed by atoms with Crippen LogP contribution in [0.2, 0.25) is 0 Å². The van der Waals surface area contributed by atoms with Gasteiger partial charge in [-0.15, -0.1) is 11.3 Å². The van der Waals surface area contributed by atoms with Gasteiger partial charge in [0.05, 0.1) is 12.5 Å². The number of fused-ring (bicyclic) bond motifs is 1. The van der Waals surface area contributed by atoms with E-state index in [4.69, 9.17) is 0 Å². The van der Waals surface area contributed by atoms with Crippen LogP contribution in [0, 0.1) is 20.8 Å². The highest BCUT2D eigenvalue weighted by atomic mass is 32.1. The van der Waals surface area contributed by atoms with Crippen LogP contribution in [0.5, 0.6) is 0 Å². The van der Waals surface area contributed by atoms with Gasteiger partial charge in [0.1, 0.15) is 10.7 Å². The van der Waals surface area contributed by atoms with E-state index in [1.807, 2.05) is 12.3 Å². The molecule has 6 heteroatoms. The van der Waals surface area contributed by atoms with Gasteiger partial charge < -0.3 is 4.74 Å². The van der Waals surface area contributed by atoms with Gasteiger partial charge in [-0.2, -0.15) is 0 Å². The fourth-order valence-corrected chi connectivity index (χ4v) is 4.16. The molecule has 0 atom stereocenters. The Kier molecular flexibility index (Phi) is 5.23. The average Bonchev–Trinajstić information content (AvgIpc) is 3.01. The number of rotatable bonds is 5. The van der Waals surface area contributed by atoms with E-state index in [1.54, 1.807) is 4.57 Å². The minimum absolute atomic E-state index is 0.0476. The fourth-order valence-electron chi connectivity index (χ4n) is 3.19. The standard InChI is InChI=1S/C20H22N2O3S/c1-12-7-8-15(13(2)10-12)16-11-26-19-18(16)20(24)22(14(3)21-19)9-5-6-17(23)25-4/h7-8,10-11H,5-6,9H2,1-4H3. The van der Waals surface area contributed by atoms with Gasteiger partial charge in [-0.25, -0.2) is 4.98 Å². The van der Waals surface area contributed by atoms with E-state index in [9.17, 15) is 9.59 Å². The van der Waals surface area contributed by atoms with Crippen molar-refractivity contribution in [3.63, 3.8) is 0 Å². The number of carbonyl (C=O) groups excluding carboxylic acids is 1. The van der Waals surface area contributed by atoms with Crippen LogP contribution < -0.4 is 5.56 Å². The number of carbonyl (C=O) groups is 1. The predicted molar refractivity (Wildman–Crippen MR) is 105 cm³/mol. The highest BCUT2D eigenvalue weighted by Crippen LogP contribution is 2.33. The molecule has 1 aromatic carbocycles. The average molecular weight is 370 g/mol. The molecule has 0 aliphatic heterocycles. The highest BCUT2D eigenvalue weighted by Gasteiger charge is 2.16. The molecule has 0 unspecified atom stereocenters. The quantitative estimate of drug-likeness (QED) is 0.637. The van der Waals surface area contributed by atoms with Crippen molar-refractivity contribution in [3.05, 3.63) is 50.9 Å². The molecule has 2 heterocycles. The first kappa shape index (κ1) is 18.3. The molecule has 0 aliphatic rings. The van der Waals surface area contributed by atoms with Crippen LogP contribution >= 0.6 is 11.3 Å². The summed E-state index contributed by atoms with van der Waals surface area (Å²) < 4.78 is 6.32. The van der Waals surface area contributed by atoms with E-state index in [2.05, 4.69) is 41.8 Å².